The van der Waals surface area contributed by atoms with Gasteiger partial charge in [-0.25, -0.2) is 17.9 Å². The molecule has 11 heteroatoms. The second kappa shape index (κ2) is 5.43. The van der Waals surface area contributed by atoms with Crippen molar-refractivity contribution >= 4 is 11.8 Å². The number of alkyl halides is 3. The van der Waals surface area contributed by atoms with Crippen LogP contribution in [0.2, 0.25) is 0 Å². The summed E-state index contributed by atoms with van der Waals surface area (Å²) in [7, 11) is 0. The molecule has 2 unspecified atom stereocenters. The number of halogens is 3. The lowest BCUT2D eigenvalue weighted by Crippen LogP contribution is -2.45. The third kappa shape index (κ3) is 2.70. The lowest BCUT2D eigenvalue weighted by molar-refractivity contribution is -0.138. The lowest BCUT2D eigenvalue weighted by atomic mass is 10.2. The molecular formula is C9H11F3N6O2. The molecule has 2 atom stereocenters. The van der Waals surface area contributed by atoms with E-state index >= 15 is 0 Å². The molecule has 2 N–H and O–H groups in total. The van der Waals surface area contributed by atoms with Crippen LogP contribution in [-0.4, -0.2) is 55.7 Å². The maximum Gasteiger partial charge on any atom is 0.298 e. The molecule has 0 bridgehead atoms. The van der Waals surface area contributed by atoms with Crippen LogP contribution in [0.4, 0.5) is 13.2 Å². The van der Waals surface area contributed by atoms with Crippen LogP contribution in [0.1, 0.15) is 18.7 Å². The van der Waals surface area contributed by atoms with E-state index in [1.165, 1.54) is 0 Å². The number of nitrogens with two attached hydrogens (primary N) is 1. The fourth-order valence-corrected chi connectivity index (χ4v) is 2.03. The predicted molar refractivity (Wildman–Crippen MR) is 57.0 cm³/mol. The van der Waals surface area contributed by atoms with E-state index in [0.29, 0.717) is 4.68 Å². The number of nitrogens with zero attached hydrogens (tertiary/aromatic N) is 5. The largest absolute Gasteiger partial charge is 0.368 e. The normalized spacial score (nSPS) is 22.5. The van der Waals surface area contributed by atoms with E-state index in [2.05, 4.69) is 15.5 Å². The van der Waals surface area contributed by atoms with Gasteiger partial charge in [0.1, 0.15) is 18.8 Å². The zero-order valence-electron chi connectivity index (χ0n) is 10.1. The molecule has 1 aromatic rings. The number of rotatable bonds is 4. The highest BCUT2D eigenvalue weighted by molar-refractivity contribution is 5.87. The minimum atomic E-state index is -2.95. The number of primary amides is 1. The van der Waals surface area contributed by atoms with Crippen LogP contribution in [-0.2, 0) is 16.1 Å². The topological polar surface area (TPSA) is 107 Å². The first-order valence-electron chi connectivity index (χ1n) is 5.67. The number of carbonyl (C=O) groups excluding carboxylic acids is 2. The summed E-state index contributed by atoms with van der Waals surface area (Å²) in [5.74, 6) is -2.36. The minimum Gasteiger partial charge on any atom is -0.368 e. The van der Waals surface area contributed by atoms with Crippen molar-refractivity contribution in [3.05, 3.63) is 5.82 Å². The first-order valence-corrected chi connectivity index (χ1v) is 5.67. The Labute approximate surface area is 110 Å². The fraction of sp³-hybridized carbons (Fsp3) is 0.667. The third-order valence-corrected chi connectivity index (χ3v) is 2.94. The summed E-state index contributed by atoms with van der Waals surface area (Å²) >= 11 is 0. The molecule has 0 saturated carbocycles. The standard InChI is InChI=1S/C9H11F3N6O2/c10-4-1-5(8(13)20)17(2-4)6(19)3-18-9(7(11)12)14-15-16-18/h4-5,7H,1-3H2,(H2,13,20). The van der Waals surface area contributed by atoms with Gasteiger partial charge in [0.05, 0.1) is 6.54 Å². The average Bonchev–Trinajstić information content (AvgIpc) is 2.95. The molecular weight excluding hydrogens is 281 g/mol. The van der Waals surface area contributed by atoms with Crippen molar-refractivity contribution in [1.82, 2.24) is 25.1 Å². The third-order valence-electron chi connectivity index (χ3n) is 2.94. The van der Waals surface area contributed by atoms with Crippen LogP contribution in [0.3, 0.4) is 0 Å². The highest BCUT2D eigenvalue weighted by atomic mass is 19.3. The maximum atomic E-state index is 13.3. The van der Waals surface area contributed by atoms with E-state index in [0.717, 1.165) is 4.90 Å². The Balaban J connectivity index is 2.11. The van der Waals surface area contributed by atoms with E-state index in [9.17, 15) is 22.8 Å². The molecule has 1 aliphatic rings. The molecule has 0 aromatic carbocycles. The summed E-state index contributed by atoms with van der Waals surface area (Å²) in [6.07, 6.45) is -4.52. The summed E-state index contributed by atoms with van der Waals surface area (Å²) < 4.78 is 38.9. The smallest absolute Gasteiger partial charge is 0.298 e. The second-order valence-corrected chi connectivity index (χ2v) is 4.29. The van der Waals surface area contributed by atoms with E-state index in [-0.39, 0.29) is 13.0 Å². The van der Waals surface area contributed by atoms with Crippen molar-refractivity contribution in [2.75, 3.05) is 6.54 Å². The molecule has 20 heavy (non-hydrogen) atoms. The van der Waals surface area contributed by atoms with Gasteiger partial charge in [-0.05, 0) is 10.4 Å². The van der Waals surface area contributed by atoms with Gasteiger partial charge in [-0.1, -0.05) is 0 Å². The molecule has 0 radical (unpaired) electrons. The van der Waals surface area contributed by atoms with Crippen molar-refractivity contribution in [1.29, 1.82) is 0 Å². The molecule has 110 valence electrons. The van der Waals surface area contributed by atoms with Crippen molar-refractivity contribution in [3.63, 3.8) is 0 Å². The Bertz CT molecular complexity index is 522. The molecule has 1 fully saturated rings. The van der Waals surface area contributed by atoms with Gasteiger partial charge in [-0.3, -0.25) is 9.59 Å². The van der Waals surface area contributed by atoms with Gasteiger partial charge in [0, 0.05) is 6.42 Å². The van der Waals surface area contributed by atoms with Gasteiger partial charge in [-0.15, -0.1) is 5.10 Å². The molecule has 8 nitrogen and oxygen atoms in total. The van der Waals surface area contributed by atoms with Gasteiger partial charge in [-0.2, -0.15) is 0 Å². The zero-order chi connectivity index (χ0) is 14.9. The Morgan fingerprint density at radius 1 is 1.45 bits per heavy atom. The molecule has 1 aliphatic heterocycles. The van der Waals surface area contributed by atoms with Gasteiger partial charge in [0.2, 0.25) is 17.6 Å². The van der Waals surface area contributed by atoms with Crippen LogP contribution in [0, 0.1) is 0 Å². The minimum absolute atomic E-state index is 0.196. The maximum absolute atomic E-state index is 13.3. The van der Waals surface area contributed by atoms with Crippen molar-refractivity contribution < 1.29 is 22.8 Å². The number of likely N-dealkylation sites (tertiary alicyclic amines) is 1. The molecule has 0 spiro atoms. The van der Waals surface area contributed by atoms with Gasteiger partial charge < -0.3 is 10.6 Å². The summed E-state index contributed by atoms with van der Waals surface area (Å²) in [5, 5.41) is 9.37. The monoisotopic (exact) mass is 292 g/mol. The SMILES string of the molecule is NC(=O)C1CC(F)CN1C(=O)Cn1nnnc1C(F)F. The first-order chi connectivity index (χ1) is 9.40. The van der Waals surface area contributed by atoms with E-state index in [1.54, 1.807) is 0 Å². The lowest BCUT2D eigenvalue weighted by Gasteiger charge is -2.21. The Hall–Kier alpha value is -2.20. The second-order valence-electron chi connectivity index (χ2n) is 4.29. The predicted octanol–water partition coefficient (Wildman–Crippen LogP) is -0.965. The van der Waals surface area contributed by atoms with Crippen molar-refractivity contribution in [3.8, 4) is 0 Å². The van der Waals surface area contributed by atoms with Crippen LogP contribution in [0.5, 0.6) is 0 Å². The Morgan fingerprint density at radius 3 is 2.75 bits per heavy atom. The van der Waals surface area contributed by atoms with E-state index < -0.39 is 42.8 Å². The van der Waals surface area contributed by atoms with Gasteiger partial charge in [0.15, 0.2) is 0 Å². The number of carbonyl (C=O) groups is 2. The van der Waals surface area contributed by atoms with Gasteiger partial charge >= 0.3 is 0 Å². The zero-order valence-corrected chi connectivity index (χ0v) is 10.1. The van der Waals surface area contributed by atoms with Crippen LogP contribution in [0.25, 0.3) is 0 Å². The molecule has 0 aliphatic carbocycles. The fourth-order valence-electron chi connectivity index (χ4n) is 2.03. The average molecular weight is 292 g/mol. The number of amides is 2. The Kier molecular flexibility index (Phi) is 3.86. The highest BCUT2D eigenvalue weighted by Gasteiger charge is 2.39. The molecule has 1 aromatic heterocycles. The van der Waals surface area contributed by atoms with E-state index in [4.69, 9.17) is 5.73 Å². The summed E-state index contributed by atoms with van der Waals surface area (Å²) in [6.45, 7) is -0.915. The molecule has 2 heterocycles. The molecule has 2 amide bonds. The number of hydrogen-bond donors (Lipinski definition) is 1. The quantitative estimate of drug-likeness (QED) is 0.768. The summed E-state index contributed by atoms with van der Waals surface area (Å²) in [6, 6.07) is -1.08. The summed E-state index contributed by atoms with van der Waals surface area (Å²) in [4.78, 5) is 24.0. The molecule has 1 saturated heterocycles. The van der Waals surface area contributed by atoms with Crippen LogP contribution in [0.15, 0.2) is 0 Å². The highest BCUT2D eigenvalue weighted by Crippen LogP contribution is 2.21. The first kappa shape index (κ1) is 14.2. The van der Waals surface area contributed by atoms with Crippen LogP contribution < -0.4 is 5.73 Å². The van der Waals surface area contributed by atoms with Crippen LogP contribution >= 0.6 is 0 Å². The number of aromatic nitrogens is 4. The molecule has 2 rings (SSSR count). The van der Waals surface area contributed by atoms with Crippen molar-refractivity contribution in [2.24, 2.45) is 5.73 Å². The Morgan fingerprint density at radius 2 is 2.15 bits per heavy atom. The number of tetrazole rings is 1. The van der Waals surface area contributed by atoms with Gasteiger partial charge in [0.25, 0.3) is 6.43 Å². The number of hydrogen-bond acceptors (Lipinski definition) is 5. The van der Waals surface area contributed by atoms with Crippen molar-refractivity contribution in [2.45, 2.75) is 31.6 Å². The van der Waals surface area contributed by atoms with E-state index in [1.807, 2.05) is 0 Å². The summed E-state index contributed by atoms with van der Waals surface area (Å²) in [5.41, 5.74) is 5.07.